The van der Waals surface area contributed by atoms with Crippen LogP contribution in [0.15, 0.2) is 12.2 Å². The minimum absolute atomic E-state index is 0.0257. The third kappa shape index (κ3) is 71.7. The zero-order valence-electron chi connectivity index (χ0n) is 58.8. The molecule has 0 aromatic heterocycles. The molecule has 0 saturated heterocycles. The minimum Gasteiger partial charge on any atom is -0.466 e. The van der Waals surface area contributed by atoms with Crippen LogP contribution in [-0.4, -0.2) is 47.4 Å². The maximum atomic E-state index is 12.5. The monoisotopic (exact) mass is 1210 g/mol. The van der Waals surface area contributed by atoms with E-state index in [0.29, 0.717) is 19.4 Å². The van der Waals surface area contributed by atoms with Gasteiger partial charge in [0.25, 0.3) is 0 Å². The second kappa shape index (κ2) is 76.1. The number of hydrogen-bond donors (Lipinski definition) is 3. The summed E-state index contributed by atoms with van der Waals surface area (Å²) in [7, 11) is 0. The smallest absolute Gasteiger partial charge is 0.305 e. The molecule has 2 atom stereocenters. The highest BCUT2D eigenvalue weighted by Gasteiger charge is 2.18. The molecule has 0 aliphatic rings. The molecule has 2 unspecified atom stereocenters. The number of esters is 1. The highest BCUT2D eigenvalue weighted by molar-refractivity contribution is 5.76. The molecule has 0 rings (SSSR count). The molecule has 0 fully saturated rings. The Kier molecular flexibility index (Phi) is 74.8. The highest BCUT2D eigenvalue weighted by Crippen LogP contribution is 2.20. The Morgan fingerprint density at radius 2 is 0.535 bits per heavy atom. The van der Waals surface area contributed by atoms with Crippen molar-refractivity contribution in [1.29, 1.82) is 0 Å². The van der Waals surface area contributed by atoms with Crippen molar-refractivity contribution in [2.75, 3.05) is 13.2 Å². The molecule has 0 bridgehead atoms. The van der Waals surface area contributed by atoms with E-state index in [9.17, 15) is 19.8 Å². The van der Waals surface area contributed by atoms with Gasteiger partial charge < -0.3 is 20.3 Å². The van der Waals surface area contributed by atoms with Crippen LogP contribution in [0.2, 0.25) is 0 Å². The lowest BCUT2D eigenvalue weighted by molar-refractivity contribution is -0.143. The van der Waals surface area contributed by atoms with Crippen molar-refractivity contribution in [1.82, 2.24) is 5.32 Å². The normalized spacial score (nSPS) is 12.5. The van der Waals surface area contributed by atoms with Gasteiger partial charge in [0.15, 0.2) is 0 Å². The van der Waals surface area contributed by atoms with Crippen molar-refractivity contribution in [3.63, 3.8) is 0 Å². The zero-order valence-corrected chi connectivity index (χ0v) is 58.8. The van der Waals surface area contributed by atoms with Crippen LogP contribution >= 0.6 is 0 Å². The lowest BCUT2D eigenvalue weighted by atomic mass is 10.0. The number of carbonyl (C=O) groups is 2. The summed E-state index contributed by atoms with van der Waals surface area (Å²) in [6.45, 7) is 4.97. The molecule has 0 heterocycles. The summed E-state index contributed by atoms with van der Waals surface area (Å²) < 4.78 is 5.51. The number of nitrogens with one attached hydrogen (secondary N) is 1. The molecule has 0 saturated carbocycles. The van der Waals surface area contributed by atoms with Crippen LogP contribution in [0.25, 0.3) is 0 Å². The van der Waals surface area contributed by atoms with Gasteiger partial charge in [0.2, 0.25) is 5.91 Å². The van der Waals surface area contributed by atoms with Gasteiger partial charge in [-0.25, -0.2) is 0 Å². The largest absolute Gasteiger partial charge is 0.466 e. The first-order valence-corrected chi connectivity index (χ1v) is 40.0. The van der Waals surface area contributed by atoms with Crippen LogP contribution in [0.4, 0.5) is 0 Å². The van der Waals surface area contributed by atoms with E-state index in [-0.39, 0.29) is 18.5 Å². The van der Waals surface area contributed by atoms with Gasteiger partial charge in [-0.15, -0.1) is 0 Å². The van der Waals surface area contributed by atoms with Crippen molar-refractivity contribution in [3.8, 4) is 0 Å². The van der Waals surface area contributed by atoms with E-state index in [1.807, 2.05) is 6.08 Å². The van der Waals surface area contributed by atoms with Crippen LogP contribution in [0.5, 0.6) is 0 Å². The number of carbonyl (C=O) groups excluding carboxylic acids is 2. The van der Waals surface area contributed by atoms with Crippen molar-refractivity contribution >= 4 is 11.9 Å². The fourth-order valence-corrected chi connectivity index (χ4v) is 13.0. The average molecular weight is 1210 g/mol. The maximum Gasteiger partial charge on any atom is 0.305 e. The Hall–Kier alpha value is -1.40. The lowest BCUT2D eigenvalue weighted by Gasteiger charge is -2.20. The van der Waals surface area contributed by atoms with E-state index in [1.54, 1.807) is 6.08 Å². The standard InChI is InChI=1S/C80H157NO5/c1-3-5-7-9-11-13-15-17-19-21-22-35-38-41-44-48-52-56-60-64-68-72-78(83)77(76-82)81-79(84)73-69-65-61-57-53-49-45-42-39-36-33-31-29-27-25-23-24-26-28-30-32-34-37-40-43-47-51-55-59-63-67-71-75-86-80(85)74-70-66-62-58-54-50-46-20-18-16-14-12-10-8-6-4-2/h68,72,77-78,82-83H,3-67,69-71,73-76H2,1-2H3,(H,81,84)/b72-68+. The number of aliphatic hydroxyl groups is 2. The molecule has 512 valence electrons. The Labute approximate surface area is 539 Å². The minimum atomic E-state index is -0.842. The fourth-order valence-electron chi connectivity index (χ4n) is 13.0. The van der Waals surface area contributed by atoms with E-state index < -0.39 is 12.1 Å². The molecule has 6 nitrogen and oxygen atoms in total. The maximum absolute atomic E-state index is 12.5. The molecule has 0 aliphatic heterocycles. The molecule has 6 heteroatoms. The van der Waals surface area contributed by atoms with Gasteiger partial charge in [-0.3, -0.25) is 9.59 Å². The Morgan fingerprint density at radius 3 is 0.791 bits per heavy atom. The third-order valence-corrected chi connectivity index (χ3v) is 19.1. The van der Waals surface area contributed by atoms with Crippen LogP contribution in [0.3, 0.4) is 0 Å². The van der Waals surface area contributed by atoms with E-state index in [4.69, 9.17) is 4.74 Å². The second-order valence-electron chi connectivity index (χ2n) is 27.8. The summed E-state index contributed by atoms with van der Waals surface area (Å²) >= 11 is 0. The molecule has 0 radical (unpaired) electrons. The van der Waals surface area contributed by atoms with E-state index >= 15 is 0 Å². The van der Waals surface area contributed by atoms with Crippen LogP contribution in [0, 0.1) is 0 Å². The highest BCUT2D eigenvalue weighted by atomic mass is 16.5. The topological polar surface area (TPSA) is 95.9 Å². The fraction of sp³-hybridized carbons (Fsp3) is 0.950. The number of amides is 1. The summed E-state index contributed by atoms with van der Waals surface area (Å²) in [6, 6.07) is -0.625. The predicted octanol–water partition coefficient (Wildman–Crippen LogP) is 26.3. The van der Waals surface area contributed by atoms with E-state index in [1.165, 1.54) is 398 Å². The molecular weight excluding hydrogens is 1050 g/mol. The number of unbranched alkanes of at least 4 members (excludes halogenated alkanes) is 65. The lowest BCUT2D eigenvalue weighted by Crippen LogP contribution is -2.45. The molecule has 1 amide bonds. The summed E-state index contributed by atoms with van der Waals surface area (Å²) in [5.74, 6) is -0.0325. The van der Waals surface area contributed by atoms with Crippen molar-refractivity contribution in [3.05, 3.63) is 12.2 Å². The first-order valence-electron chi connectivity index (χ1n) is 40.0. The summed E-state index contributed by atoms with van der Waals surface area (Å²) in [6.07, 6.45) is 96.2. The molecule has 0 spiro atoms. The SMILES string of the molecule is CCCCCCCCCCCCCCCCCCCCC/C=C/C(O)C(CO)NC(=O)CCCCCCCCCCCCCCCCCCCCCCCCCCCCCCCCCCOC(=O)CCCCCCCCCCCCCCCCCC. The van der Waals surface area contributed by atoms with Crippen LogP contribution in [-0.2, 0) is 14.3 Å². The zero-order chi connectivity index (χ0) is 62.0. The molecule has 0 aromatic carbocycles. The summed E-state index contributed by atoms with van der Waals surface area (Å²) in [5, 5.41) is 23.3. The molecular formula is C80H157NO5. The first kappa shape index (κ1) is 84.6. The van der Waals surface area contributed by atoms with Gasteiger partial charge in [0, 0.05) is 12.8 Å². The third-order valence-electron chi connectivity index (χ3n) is 19.1. The van der Waals surface area contributed by atoms with Crippen molar-refractivity contribution < 1.29 is 24.5 Å². The second-order valence-corrected chi connectivity index (χ2v) is 27.8. The Balaban J connectivity index is 3.33. The van der Waals surface area contributed by atoms with Gasteiger partial charge in [-0.1, -0.05) is 431 Å². The van der Waals surface area contributed by atoms with Gasteiger partial charge in [-0.05, 0) is 32.1 Å². The average Bonchev–Trinajstić information content (AvgIpc) is 3.58. The Bertz CT molecular complexity index is 1300. The number of ether oxygens (including phenoxy) is 1. The first-order chi connectivity index (χ1) is 42.5. The Morgan fingerprint density at radius 1 is 0.314 bits per heavy atom. The number of hydrogen-bond acceptors (Lipinski definition) is 5. The molecule has 0 aliphatic carbocycles. The summed E-state index contributed by atoms with van der Waals surface area (Å²) in [5.41, 5.74) is 0. The molecule has 3 N–H and O–H groups in total. The number of rotatable bonds is 76. The number of allylic oxidation sites excluding steroid dienone is 1. The van der Waals surface area contributed by atoms with Crippen molar-refractivity contribution in [2.24, 2.45) is 0 Å². The summed E-state index contributed by atoms with van der Waals surface area (Å²) in [4.78, 5) is 24.6. The van der Waals surface area contributed by atoms with Crippen molar-refractivity contribution in [2.45, 2.75) is 475 Å². The van der Waals surface area contributed by atoms with Crippen LogP contribution < -0.4 is 5.32 Å². The predicted molar refractivity (Wildman–Crippen MR) is 380 cm³/mol. The number of aliphatic hydroxyl groups excluding tert-OH is 2. The molecule has 86 heavy (non-hydrogen) atoms. The van der Waals surface area contributed by atoms with Gasteiger partial charge in [-0.2, -0.15) is 0 Å². The quantitative estimate of drug-likeness (QED) is 0.0320. The van der Waals surface area contributed by atoms with Crippen LogP contribution in [0.1, 0.15) is 463 Å². The van der Waals surface area contributed by atoms with Gasteiger partial charge >= 0.3 is 5.97 Å². The van der Waals surface area contributed by atoms with E-state index in [2.05, 4.69) is 19.2 Å². The van der Waals surface area contributed by atoms with Gasteiger partial charge in [0.1, 0.15) is 0 Å². The molecule has 0 aromatic rings. The van der Waals surface area contributed by atoms with Gasteiger partial charge in [0.05, 0.1) is 25.4 Å². The van der Waals surface area contributed by atoms with E-state index in [0.717, 1.165) is 38.5 Å².